The van der Waals surface area contributed by atoms with Crippen LogP contribution in [-0.2, 0) is 0 Å². The summed E-state index contributed by atoms with van der Waals surface area (Å²) in [4.78, 5) is 11.9. The minimum atomic E-state index is -0.271. The van der Waals surface area contributed by atoms with Gasteiger partial charge in [0.05, 0.1) is 11.4 Å². The highest BCUT2D eigenvalue weighted by Crippen LogP contribution is 2.20. The van der Waals surface area contributed by atoms with Crippen molar-refractivity contribution in [3.05, 3.63) is 52.8 Å². The molecular formula is C14H15ClN4O. The molecule has 6 heteroatoms. The first-order valence-corrected chi connectivity index (χ1v) is 6.50. The van der Waals surface area contributed by atoms with E-state index in [4.69, 9.17) is 11.6 Å². The summed E-state index contributed by atoms with van der Waals surface area (Å²) in [6.07, 6.45) is 1.61. The van der Waals surface area contributed by atoms with Gasteiger partial charge in [0.1, 0.15) is 0 Å². The number of hydrogen-bond acceptors (Lipinski definition) is 3. The number of rotatable bonds is 4. The van der Waals surface area contributed by atoms with E-state index in [1.54, 1.807) is 23.7 Å². The molecule has 0 aliphatic rings. The van der Waals surface area contributed by atoms with Gasteiger partial charge in [-0.2, -0.15) is 0 Å². The van der Waals surface area contributed by atoms with E-state index in [1.165, 1.54) is 0 Å². The van der Waals surface area contributed by atoms with Crippen LogP contribution in [-0.4, -0.2) is 27.4 Å². The zero-order valence-electron chi connectivity index (χ0n) is 11.4. The topological polar surface area (TPSA) is 59.8 Å². The summed E-state index contributed by atoms with van der Waals surface area (Å²) in [6.45, 7) is 7.65. The first kappa shape index (κ1) is 14.3. The standard InChI is InChI=1S/C14H15ClN4O/c1-4-7-16-14(20)13-10(3)19(18-17-13)11-6-5-9(2)12(15)8-11/h4-6,8H,1,7H2,2-3H3,(H,16,20). The van der Waals surface area contributed by atoms with Crippen LogP contribution in [0.2, 0.25) is 5.02 Å². The van der Waals surface area contributed by atoms with Crippen molar-refractivity contribution in [3.63, 3.8) is 0 Å². The van der Waals surface area contributed by atoms with Crippen LogP contribution in [0.1, 0.15) is 21.7 Å². The summed E-state index contributed by atoms with van der Waals surface area (Å²) in [5.74, 6) is -0.271. The van der Waals surface area contributed by atoms with Gasteiger partial charge < -0.3 is 5.32 Å². The van der Waals surface area contributed by atoms with Gasteiger partial charge in [-0.05, 0) is 31.5 Å². The molecule has 1 amide bonds. The molecule has 0 spiro atoms. The molecule has 1 aromatic heterocycles. The fourth-order valence-corrected chi connectivity index (χ4v) is 1.92. The van der Waals surface area contributed by atoms with Crippen LogP contribution in [0.5, 0.6) is 0 Å². The van der Waals surface area contributed by atoms with Crippen LogP contribution in [0, 0.1) is 13.8 Å². The Kier molecular flexibility index (Phi) is 4.20. The highest BCUT2D eigenvalue weighted by atomic mass is 35.5. The van der Waals surface area contributed by atoms with Crippen LogP contribution in [0.25, 0.3) is 5.69 Å². The zero-order chi connectivity index (χ0) is 14.7. The van der Waals surface area contributed by atoms with E-state index < -0.39 is 0 Å². The smallest absolute Gasteiger partial charge is 0.274 e. The summed E-state index contributed by atoms with van der Waals surface area (Å²) in [6, 6.07) is 5.58. The number of aromatic nitrogens is 3. The zero-order valence-corrected chi connectivity index (χ0v) is 12.1. The Morgan fingerprint density at radius 2 is 2.25 bits per heavy atom. The molecule has 0 bridgehead atoms. The number of nitrogens with zero attached hydrogens (tertiary/aromatic N) is 3. The quantitative estimate of drug-likeness (QED) is 0.880. The molecule has 20 heavy (non-hydrogen) atoms. The number of benzene rings is 1. The second-order valence-electron chi connectivity index (χ2n) is 4.37. The average Bonchev–Trinajstić information content (AvgIpc) is 2.81. The second-order valence-corrected chi connectivity index (χ2v) is 4.77. The highest BCUT2D eigenvalue weighted by Gasteiger charge is 2.16. The van der Waals surface area contributed by atoms with Crippen LogP contribution >= 0.6 is 11.6 Å². The number of hydrogen-bond donors (Lipinski definition) is 1. The van der Waals surface area contributed by atoms with E-state index in [0.717, 1.165) is 11.3 Å². The highest BCUT2D eigenvalue weighted by molar-refractivity contribution is 6.31. The summed E-state index contributed by atoms with van der Waals surface area (Å²) in [5, 5.41) is 11.3. The molecule has 2 rings (SSSR count). The normalized spacial score (nSPS) is 10.3. The molecule has 0 aliphatic heterocycles. The van der Waals surface area contributed by atoms with E-state index in [9.17, 15) is 4.79 Å². The van der Waals surface area contributed by atoms with Gasteiger partial charge in [-0.3, -0.25) is 4.79 Å². The maximum atomic E-state index is 11.9. The molecule has 1 aromatic carbocycles. The third-order valence-electron chi connectivity index (χ3n) is 2.92. The molecule has 1 N–H and O–H groups in total. The van der Waals surface area contributed by atoms with Crippen molar-refractivity contribution >= 4 is 17.5 Å². The minimum Gasteiger partial charge on any atom is -0.347 e. The van der Waals surface area contributed by atoms with Gasteiger partial charge in [-0.1, -0.05) is 29.0 Å². The number of amides is 1. The largest absolute Gasteiger partial charge is 0.347 e. The molecule has 2 aromatic rings. The lowest BCUT2D eigenvalue weighted by molar-refractivity contribution is 0.0952. The Morgan fingerprint density at radius 3 is 2.90 bits per heavy atom. The Hall–Kier alpha value is -2.14. The lowest BCUT2D eigenvalue weighted by Crippen LogP contribution is -2.24. The number of nitrogens with one attached hydrogen (secondary N) is 1. The van der Waals surface area contributed by atoms with E-state index in [1.807, 2.05) is 19.1 Å². The molecule has 0 atom stereocenters. The average molecular weight is 291 g/mol. The summed E-state index contributed by atoms with van der Waals surface area (Å²) >= 11 is 6.10. The third-order valence-corrected chi connectivity index (χ3v) is 3.32. The predicted molar refractivity (Wildman–Crippen MR) is 78.4 cm³/mol. The van der Waals surface area contributed by atoms with Gasteiger partial charge in [-0.25, -0.2) is 4.68 Å². The van der Waals surface area contributed by atoms with Gasteiger partial charge in [0.2, 0.25) is 0 Å². The van der Waals surface area contributed by atoms with Crippen molar-refractivity contribution in [1.82, 2.24) is 20.3 Å². The van der Waals surface area contributed by atoms with Gasteiger partial charge in [0.25, 0.3) is 5.91 Å². The van der Waals surface area contributed by atoms with Gasteiger partial charge in [-0.15, -0.1) is 11.7 Å². The SMILES string of the molecule is C=CCNC(=O)c1nnn(-c2ccc(C)c(Cl)c2)c1C. The Morgan fingerprint density at radius 1 is 1.50 bits per heavy atom. The third kappa shape index (κ3) is 2.72. The molecule has 104 valence electrons. The van der Waals surface area contributed by atoms with E-state index >= 15 is 0 Å². The number of aryl methyl sites for hydroxylation is 1. The van der Waals surface area contributed by atoms with Crippen LogP contribution < -0.4 is 5.32 Å². The van der Waals surface area contributed by atoms with Crippen molar-refractivity contribution in [2.24, 2.45) is 0 Å². The van der Waals surface area contributed by atoms with Crippen molar-refractivity contribution in [3.8, 4) is 5.69 Å². The van der Waals surface area contributed by atoms with Crippen LogP contribution in [0.4, 0.5) is 0 Å². The first-order valence-electron chi connectivity index (χ1n) is 6.12. The molecule has 0 fully saturated rings. The molecule has 0 aliphatic carbocycles. The Bertz CT molecular complexity index is 663. The summed E-state index contributed by atoms with van der Waals surface area (Å²) < 4.78 is 1.59. The molecule has 0 saturated carbocycles. The lowest BCUT2D eigenvalue weighted by Gasteiger charge is -2.06. The summed E-state index contributed by atoms with van der Waals surface area (Å²) in [7, 11) is 0. The Labute approximate surface area is 122 Å². The van der Waals surface area contributed by atoms with Crippen LogP contribution in [0.15, 0.2) is 30.9 Å². The molecule has 0 unspecified atom stereocenters. The molecule has 0 saturated heterocycles. The minimum absolute atomic E-state index is 0.271. The van der Waals surface area contributed by atoms with Gasteiger partial charge >= 0.3 is 0 Å². The van der Waals surface area contributed by atoms with Gasteiger partial charge in [0, 0.05) is 11.6 Å². The molecule has 0 radical (unpaired) electrons. The summed E-state index contributed by atoms with van der Waals surface area (Å²) in [5.41, 5.74) is 2.71. The maximum Gasteiger partial charge on any atom is 0.274 e. The molecule has 1 heterocycles. The van der Waals surface area contributed by atoms with Crippen molar-refractivity contribution in [2.45, 2.75) is 13.8 Å². The lowest BCUT2D eigenvalue weighted by atomic mass is 10.2. The van der Waals surface area contributed by atoms with E-state index in [0.29, 0.717) is 23.0 Å². The van der Waals surface area contributed by atoms with E-state index in [-0.39, 0.29) is 5.91 Å². The number of carbonyl (C=O) groups is 1. The van der Waals surface area contributed by atoms with Crippen molar-refractivity contribution in [2.75, 3.05) is 6.54 Å². The maximum absolute atomic E-state index is 11.9. The second kappa shape index (κ2) is 5.88. The van der Waals surface area contributed by atoms with Crippen molar-refractivity contribution < 1.29 is 4.79 Å². The first-order chi connectivity index (χ1) is 9.54. The number of carbonyl (C=O) groups excluding carboxylic acids is 1. The fourth-order valence-electron chi connectivity index (χ4n) is 1.75. The van der Waals surface area contributed by atoms with Crippen molar-refractivity contribution in [1.29, 1.82) is 0 Å². The molecular weight excluding hydrogens is 276 g/mol. The predicted octanol–water partition coefficient (Wildman–Crippen LogP) is 2.45. The molecule has 5 nitrogen and oxygen atoms in total. The number of halogens is 1. The Balaban J connectivity index is 2.35. The monoisotopic (exact) mass is 290 g/mol. The fraction of sp³-hybridized carbons (Fsp3) is 0.214. The van der Waals surface area contributed by atoms with Gasteiger partial charge in [0.15, 0.2) is 5.69 Å². The van der Waals surface area contributed by atoms with E-state index in [2.05, 4.69) is 22.2 Å². The van der Waals surface area contributed by atoms with Crippen LogP contribution in [0.3, 0.4) is 0 Å².